The molecule has 13 heteroatoms. The minimum absolute atomic E-state index is 0. The number of carbonyl (C=O) groups is 2. The van der Waals surface area contributed by atoms with Crippen molar-refractivity contribution in [1.29, 1.82) is 0 Å². The van der Waals surface area contributed by atoms with Crippen LogP contribution in [-0.2, 0) is 42.6 Å². The molecule has 0 aliphatic heterocycles. The van der Waals surface area contributed by atoms with E-state index in [4.69, 9.17) is 4.18 Å². The van der Waals surface area contributed by atoms with Crippen LogP contribution in [-0.4, -0.2) is 47.5 Å². The van der Waals surface area contributed by atoms with Crippen molar-refractivity contribution in [1.82, 2.24) is 0 Å². The molecule has 0 aliphatic carbocycles. The van der Waals surface area contributed by atoms with Crippen LogP contribution in [0.1, 0.15) is 58.5 Å². The summed E-state index contributed by atoms with van der Waals surface area (Å²) in [4.78, 5) is 23.1. The Morgan fingerprint density at radius 1 is 0.771 bits per heavy atom. The molecule has 0 spiro atoms. The van der Waals surface area contributed by atoms with Crippen LogP contribution in [0.25, 0.3) is 0 Å². The molecule has 0 unspecified atom stereocenters. The van der Waals surface area contributed by atoms with Gasteiger partial charge in [0.1, 0.15) is 20.8 Å². The van der Waals surface area contributed by atoms with Gasteiger partial charge in [0, 0.05) is 0 Å². The van der Waals surface area contributed by atoms with Gasteiger partial charge in [-0.25, -0.2) is 18.0 Å². The first kappa shape index (κ1) is 31.1. The van der Waals surface area contributed by atoms with Crippen LogP contribution < -0.4 is 33.7 Å². The van der Waals surface area contributed by atoms with E-state index in [9.17, 15) is 31.0 Å². The van der Waals surface area contributed by atoms with Gasteiger partial charge in [0.15, 0.2) is 0 Å². The van der Waals surface area contributed by atoms with Gasteiger partial charge in [0.25, 0.3) is 0 Å². The first-order chi connectivity index (χ1) is 15.9. The Bertz CT molecular complexity index is 1240. The Morgan fingerprint density at radius 2 is 1.20 bits per heavy atom. The van der Waals surface area contributed by atoms with Gasteiger partial charge >= 0.3 is 51.6 Å². The summed E-state index contributed by atoms with van der Waals surface area (Å²) in [6, 6.07) is 5.29. The predicted octanol–water partition coefficient (Wildman–Crippen LogP) is -0.159. The van der Waals surface area contributed by atoms with Crippen molar-refractivity contribution in [2.24, 2.45) is 0 Å². The fourth-order valence-electron chi connectivity index (χ4n) is 3.26. The average molecular weight is 537 g/mol. The Labute approximate surface area is 227 Å². The van der Waals surface area contributed by atoms with Crippen molar-refractivity contribution in [3.05, 3.63) is 52.6 Å². The zero-order chi connectivity index (χ0) is 25.7. The van der Waals surface area contributed by atoms with Gasteiger partial charge in [-0.3, -0.25) is 0 Å². The van der Waals surface area contributed by atoms with Gasteiger partial charge in [-0.05, 0) is 54.3 Å². The minimum atomic E-state index is -4.79. The standard InChI is InChI=1S/C22H26O10S2.Na/c1-5-7-14-10-18(33(25,26)27)11-15(8-6-2)20(14)32-34(28,29)19-12-16(21(23)30-3)9-17(13-19)22(24)31-4;/h9-13H,5-8H2,1-4H3,(H,25,26,27);/q;+1/p-1. The quantitative estimate of drug-likeness (QED) is 0.173. The smallest absolute Gasteiger partial charge is 0.744 e. The molecule has 0 radical (unpaired) electrons. The van der Waals surface area contributed by atoms with E-state index in [1.165, 1.54) is 0 Å². The molecule has 0 atom stereocenters. The molecule has 0 fully saturated rings. The number of benzene rings is 2. The van der Waals surface area contributed by atoms with Crippen LogP contribution in [0.2, 0.25) is 0 Å². The Balaban J connectivity index is 0.00000612. The molecule has 10 nitrogen and oxygen atoms in total. The van der Waals surface area contributed by atoms with Gasteiger partial charge in [-0.1, -0.05) is 26.7 Å². The van der Waals surface area contributed by atoms with E-state index in [1.807, 2.05) is 0 Å². The maximum absolute atomic E-state index is 13.2. The summed E-state index contributed by atoms with van der Waals surface area (Å²) in [5.74, 6) is -1.87. The molecule has 0 bridgehead atoms. The third-order valence-corrected chi connectivity index (χ3v) is 6.79. The van der Waals surface area contributed by atoms with Crippen LogP contribution in [0.5, 0.6) is 5.75 Å². The predicted molar refractivity (Wildman–Crippen MR) is 119 cm³/mol. The van der Waals surface area contributed by atoms with Crippen LogP contribution in [0, 0.1) is 0 Å². The van der Waals surface area contributed by atoms with Crippen LogP contribution >= 0.6 is 0 Å². The molecule has 0 aromatic heterocycles. The fraction of sp³-hybridized carbons (Fsp3) is 0.364. The second-order valence-electron chi connectivity index (χ2n) is 7.29. The first-order valence-electron chi connectivity index (χ1n) is 10.3. The molecule has 35 heavy (non-hydrogen) atoms. The second kappa shape index (κ2) is 12.8. The topological polar surface area (TPSA) is 153 Å². The molecule has 186 valence electrons. The number of carbonyl (C=O) groups excluding carboxylic acids is 2. The van der Waals surface area contributed by atoms with Crippen LogP contribution in [0.3, 0.4) is 0 Å². The summed E-state index contributed by atoms with van der Waals surface area (Å²) in [5.41, 5.74) is 0.0124. The maximum Gasteiger partial charge on any atom is 1.00 e. The molecule has 2 aromatic rings. The summed E-state index contributed by atoms with van der Waals surface area (Å²) in [6.45, 7) is 3.58. The van der Waals surface area contributed by atoms with Crippen molar-refractivity contribution in [2.45, 2.75) is 49.3 Å². The molecule has 0 heterocycles. The fourth-order valence-corrected chi connectivity index (χ4v) is 4.90. The van der Waals surface area contributed by atoms with Crippen molar-refractivity contribution in [2.75, 3.05) is 14.2 Å². The summed E-state index contributed by atoms with van der Waals surface area (Å²) >= 11 is 0. The van der Waals surface area contributed by atoms with Gasteiger partial charge < -0.3 is 18.2 Å². The largest absolute Gasteiger partial charge is 1.00 e. The Hall–Kier alpha value is -1.96. The summed E-state index contributed by atoms with van der Waals surface area (Å²) in [5, 5.41) is 0. The molecule has 0 aliphatic rings. The third-order valence-electron chi connectivity index (χ3n) is 4.77. The number of methoxy groups -OCH3 is 2. The molecular formula is C22H25NaO10S2. The van der Waals surface area contributed by atoms with Gasteiger partial charge in [-0.2, -0.15) is 8.42 Å². The summed E-state index contributed by atoms with van der Waals surface area (Å²) in [7, 11) is -7.22. The third kappa shape index (κ3) is 7.76. The van der Waals surface area contributed by atoms with Crippen molar-refractivity contribution < 1.29 is 74.2 Å². The zero-order valence-electron chi connectivity index (χ0n) is 20.1. The number of hydrogen-bond donors (Lipinski definition) is 0. The molecular weight excluding hydrogens is 511 g/mol. The minimum Gasteiger partial charge on any atom is -0.744 e. The molecule has 0 saturated heterocycles. The number of hydrogen-bond acceptors (Lipinski definition) is 10. The average Bonchev–Trinajstić information content (AvgIpc) is 2.79. The maximum atomic E-state index is 13.2. The van der Waals surface area contributed by atoms with E-state index in [2.05, 4.69) is 9.47 Å². The van der Waals surface area contributed by atoms with Crippen molar-refractivity contribution in [3.63, 3.8) is 0 Å². The van der Waals surface area contributed by atoms with Crippen molar-refractivity contribution in [3.8, 4) is 5.75 Å². The van der Waals surface area contributed by atoms with Gasteiger partial charge in [-0.15, -0.1) is 0 Å². The van der Waals surface area contributed by atoms with Crippen LogP contribution in [0.4, 0.5) is 0 Å². The molecule has 2 aromatic carbocycles. The Morgan fingerprint density at radius 3 is 1.54 bits per heavy atom. The van der Waals surface area contributed by atoms with E-state index in [0.29, 0.717) is 12.8 Å². The molecule has 2 rings (SSSR count). The second-order valence-corrected chi connectivity index (χ2v) is 10.2. The SMILES string of the molecule is CCCc1cc(S(=O)(=O)[O-])cc(CCC)c1OS(=O)(=O)c1cc(C(=O)OC)cc(C(=O)OC)c1.[Na+]. The normalized spacial score (nSPS) is 11.3. The number of esters is 2. The summed E-state index contributed by atoms with van der Waals surface area (Å²) in [6.07, 6.45) is 1.49. The van der Waals surface area contributed by atoms with E-state index in [0.717, 1.165) is 44.6 Å². The number of rotatable bonds is 10. The van der Waals surface area contributed by atoms with Gasteiger partial charge in [0.05, 0.1) is 30.2 Å². The van der Waals surface area contributed by atoms with Crippen molar-refractivity contribution >= 4 is 32.2 Å². The Kier molecular flexibility index (Phi) is 11.4. The zero-order valence-corrected chi connectivity index (χ0v) is 23.7. The monoisotopic (exact) mass is 536 g/mol. The molecule has 0 N–H and O–H groups in total. The van der Waals surface area contributed by atoms with E-state index in [1.54, 1.807) is 13.8 Å². The van der Waals surface area contributed by atoms with Crippen LogP contribution in [0.15, 0.2) is 40.1 Å². The van der Waals surface area contributed by atoms with E-state index in [-0.39, 0.29) is 70.4 Å². The van der Waals surface area contributed by atoms with E-state index < -0.39 is 42.0 Å². The van der Waals surface area contributed by atoms with Gasteiger partial charge in [0.2, 0.25) is 0 Å². The number of aryl methyl sites for hydroxylation is 2. The molecule has 0 amide bonds. The summed E-state index contributed by atoms with van der Waals surface area (Å²) < 4.78 is 76.0. The van der Waals surface area contributed by atoms with E-state index >= 15 is 0 Å². The molecule has 0 saturated carbocycles. The first-order valence-corrected chi connectivity index (χ1v) is 13.1. The number of ether oxygens (including phenoxy) is 2.